The van der Waals surface area contributed by atoms with Crippen molar-refractivity contribution in [1.29, 1.82) is 0 Å². The highest BCUT2D eigenvalue weighted by Gasteiger charge is 2.10. The van der Waals surface area contributed by atoms with Crippen molar-refractivity contribution < 1.29 is 0 Å². The van der Waals surface area contributed by atoms with Gasteiger partial charge < -0.3 is 5.32 Å². The van der Waals surface area contributed by atoms with E-state index in [1.165, 1.54) is 36.2 Å². The first-order valence-electron chi connectivity index (χ1n) is 8.40. The van der Waals surface area contributed by atoms with Gasteiger partial charge in [0.05, 0.1) is 5.69 Å². The summed E-state index contributed by atoms with van der Waals surface area (Å²) in [7, 11) is 0. The quantitative estimate of drug-likeness (QED) is 0.493. The largest absolute Gasteiger partial charge is 0.316 e. The number of nitrogens with one attached hydrogen (secondary N) is 1. The van der Waals surface area contributed by atoms with Crippen LogP contribution in [0.1, 0.15) is 56.5 Å². The molecule has 0 saturated carbocycles. The molecular formula is C18H33N3. The second-order valence-electron chi connectivity index (χ2n) is 6.36. The summed E-state index contributed by atoms with van der Waals surface area (Å²) in [6, 6.07) is 0. The summed E-state index contributed by atoms with van der Waals surface area (Å²) in [5.74, 6) is 0.713. The maximum Gasteiger partial charge on any atom is 0.0628 e. The van der Waals surface area contributed by atoms with Crippen LogP contribution in [0.3, 0.4) is 0 Å². The molecule has 0 radical (unpaired) electrons. The molecule has 0 amide bonds. The normalized spacial score (nSPS) is 11.3. The Hall–Kier alpha value is -1.09. The lowest BCUT2D eigenvalue weighted by Crippen LogP contribution is -2.22. The average molecular weight is 291 g/mol. The van der Waals surface area contributed by atoms with Crippen molar-refractivity contribution >= 4 is 0 Å². The van der Waals surface area contributed by atoms with E-state index in [4.69, 9.17) is 5.10 Å². The molecule has 0 bridgehead atoms. The van der Waals surface area contributed by atoms with Gasteiger partial charge in [-0.25, -0.2) is 0 Å². The lowest BCUT2D eigenvalue weighted by atomic mass is 10.1. The van der Waals surface area contributed by atoms with Crippen LogP contribution < -0.4 is 5.32 Å². The Kier molecular flexibility index (Phi) is 8.36. The molecule has 0 aliphatic rings. The second kappa shape index (κ2) is 9.78. The molecule has 0 spiro atoms. The lowest BCUT2D eigenvalue weighted by Gasteiger charge is -2.08. The van der Waals surface area contributed by atoms with Crippen LogP contribution in [0.2, 0.25) is 0 Å². The molecule has 21 heavy (non-hydrogen) atoms. The zero-order chi connectivity index (χ0) is 15.7. The predicted molar refractivity (Wildman–Crippen MR) is 91.8 cm³/mol. The van der Waals surface area contributed by atoms with Gasteiger partial charge in [0.15, 0.2) is 0 Å². The topological polar surface area (TPSA) is 29.9 Å². The Bertz CT molecular complexity index is 418. The fourth-order valence-electron chi connectivity index (χ4n) is 2.64. The van der Waals surface area contributed by atoms with Crippen LogP contribution in [0.5, 0.6) is 0 Å². The van der Waals surface area contributed by atoms with Crippen molar-refractivity contribution in [3.05, 3.63) is 29.6 Å². The van der Waals surface area contributed by atoms with E-state index in [0.29, 0.717) is 5.92 Å². The van der Waals surface area contributed by atoms with Gasteiger partial charge in [-0.15, -0.1) is 6.58 Å². The Morgan fingerprint density at radius 2 is 2.00 bits per heavy atom. The van der Waals surface area contributed by atoms with E-state index in [1.807, 2.05) is 6.08 Å². The van der Waals surface area contributed by atoms with Crippen molar-refractivity contribution in [2.45, 2.75) is 66.3 Å². The first-order valence-corrected chi connectivity index (χ1v) is 8.40. The standard InChI is InChI=1S/C18H33N3/c1-6-7-8-9-10-13-21-17(5)18(16(4)20-21)11-12-19-14-15(2)3/h6,15,19H,1,7-14H2,2-5H3. The van der Waals surface area contributed by atoms with Crippen LogP contribution in [0.15, 0.2) is 12.7 Å². The minimum atomic E-state index is 0.713. The van der Waals surface area contributed by atoms with Crippen LogP contribution in [0.4, 0.5) is 0 Å². The number of rotatable bonds is 11. The molecule has 0 fully saturated rings. The van der Waals surface area contributed by atoms with Gasteiger partial charge in [-0.05, 0) is 64.1 Å². The Morgan fingerprint density at radius 1 is 1.24 bits per heavy atom. The number of hydrogen-bond acceptors (Lipinski definition) is 2. The van der Waals surface area contributed by atoms with Crippen LogP contribution in [-0.2, 0) is 13.0 Å². The molecule has 1 aromatic rings. The van der Waals surface area contributed by atoms with Gasteiger partial charge in [0.2, 0.25) is 0 Å². The minimum absolute atomic E-state index is 0.713. The van der Waals surface area contributed by atoms with Crippen molar-refractivity contribution in [3.8, 4) is 0 Å². The summed E-state index contributed by atoms with van der Waals surface area (Å²) in [4.78, 5) is 0. The molecule has 0 saturated heterocycles. The molecule has 1 rings (SSSR count). The summed E-state index contributed by atoms with van der Waals surface area (Å²) < 4.78 is 2.20. The van der Waals surface area contributed by atoms with Gasteiger partial charge in [0.1, 0.15) is 0 Å². The van der Waals surface area contributed by atoms with Crippen LogP contribution >= 0.6 is 0 Å². The lowest BCUT2D eigenvalue weighted by molar-refractivity contribution is 0.532. The van der Waals surface area contributed by atoms with Crippen molar-refractivity contribution in [1.82, 2.24) is 15.1 Å². The Morgan fingerprint density at radius 3 is 2.67 bits per heavy atom. The fourth-order valence-corrected chi connectivity index (χ4v) is 2.64. The van der Waals surface area contributed by atoms with Crippen LogP contribution in [0.25, 0.3) is 0 Å². The summed E-state index contributed by atoms with van der Waals surface area (Å²) >= 11 is 0. The molecule has 3 heteroatoms. The van der Waals surface area contributed by atoms with E-state index in [1.54, 1.807) is 0 Å². The molecule has 1 aromatic heterocycles. The molecular weight excluding hydrogens is 258 g/mol. The third-order valence-corrected chi connectivity index (χ3v) is 3.91. The Balaban J connectivity index is 2.41. The zero-order valence-electron chi connectivity index (χ0n) is 14.4. The molecule has 0 aliphatic carbocycles. The molecule has 0 atom stereocenters. The highest BCUT2D eigenvalue weighted by molar-refractivity contribution is 5.24. The number of unbranched alkanes of at least 4 members (excludes halogenated alkanes) is 3. The Labute approximate surface area is 130 Å². The van der Waals surface area contributed by atoms with Crippen molar-refractivity contribution in [2.75, 3.05) is 13.1 Å². The molecule has 0 aliphatic heterocycles. The van der Waals surface area contributed by atoms with Crippen LogP contribution in [-0.4, -0.2) is 22.9 Å². The number of allylic oxidation sites excluding steroid dienone is 1. The summed E-state index contributed by atoms with van der Waals surface area (Å²) in [5.41, 5.74) is 3.98. The molecule has 1 heterocycles. The molecule has 3 nitrogen and oxygen atoms in total. The van der Waals surface area contributed by atoms with Gasteiger partial charge in [-0.1, -0.05) is 26.3 Å². The molecule has 0 unspecified atom stereocenters. The van der Waals surface area contributed by atoms with Gasteiger partial charge in [0.25, 0.3) is 0 Å². The van der Waals surface area contributed by atoms with E-state index in [-0.39, 0.29) is 0 Å². The molecule has 0 aromatic carbocycles. The van der Waals surface area contributed by atoms with E-state index in [9.17, 15) is 0 Å². The van der Waals surface area contributed by atoms with Crippen molar-refractivity contribution in [3.63, 3.8) is 0 Å². The SMILES string of the molecule is C=CCCCCCn1nc(C)c(CCNCC(C)C)c1C. The van der Waals surface area contributed by atoms with E-state index in [2.05, 4.69) is 44.3 Å². The first-order chi connectivity index (χ1) is 10.1. The average Bonchev–Trinajstić information content (AvgIpc) is 2.70. The number of aryl methyl sites for hydroxylation is 2. The first kappa shape index (κ1) is 18.0. The molecule has 120 valence electrons. The minimum Gasteiger partial charge on any atom is -0.316 e. The monoisotopic (exact) mass is 291 g/mol. The fraction of sp³-hybridized carbons (Fsp3) is 0.722. The second-order valence-corrected chi connectivity index (χ2v) is 6.36. The summed E-state index contributed by atoms with van der Waals surface area (Å²) in [6.45, 7) is 15.8. The number of nitrogens with zero attached hydrogens (tertiary/aromatic N) is 2. The maximum atomic E-state index is 4.71. The van der Waals surface area contributed by atoms with Gasteiger partial charge >= 0.3 is 0 Å². The van der Waals surface area contributed by atoms with E-state index >= 15 is 0 Å². The summed E-state index contributed by atoms with van der Waals surface area (Å²) in [6.07, 6.45) is 7.93. The maximum absolute atomic E-state index is 4.71. The smallest absolute Gasteiger partial charge is 0.0628 e. The molecule has 1 N–H and O–H groups in total. The van der Waals surface area contributed by atoms with Gasteiger partial charge in [-0.3, -0.25) is 4.68 Å². The third-order valence-electron chi connectivity index (χ3n) is 3.91. The van der Waals surface area contributed by atoms with Crippen LogP contribution in [0, 0.1) is 19.8 Å². The number of hydrogen-bond donors (Lipinski definition) is 1. The van der Waals surface area contributed by atoms with Gasteiger partial charge in [-0.2, -0.15) is 5.10 Å². The van der Waals surface area contributed by atoms with E-state index in [0.717, 1.165) is 32.5 Å². The third kappa shape index (κ3) is 6.47. The van der Waals surface area contributed by atoms with E-state index < -0.39 is 0 Å². The number of aromatic nitrogens is 2. The van der Waals surface area contributed by atoms with Crippen molar-refractivity contribution in [2.24, 2.45) is 5.92 Å². The van der Waals surface area contributed by atoms with Gasteiger partial charge in [0, 0.05) is 12.2 Å². The zero-order valence-corrected chi connectivity index (χ0v) is 14.4. The summed E-state index contributed by atoms with van der Waals surface area (Å²) in [5, 5.41) is 8.23. The highest BCUT2D eigenvalue weighted by atomic mass is 15.3. The predicted octanol–water partition coefficient (Wildman–Crippen LogP) is 4.03. The highest BCUT2D eigenvalue weighted by Crippen LogP contribution is 2.14.